The molecule has 0 radical (unpaired) electrons. The molecule has 5 heteroatoms. The Morgan fingerprint density at radius 2 is 2.07 bits per heavy atom. The minimum absolute atomic E-state index is 0.0176. The van der Waals surface area contributed by atoms with Gasteiger partial charge in [0.2, 0.25) is 0 Å². The van der Waals surface area contributed by atoms with Crippen LogP contribution in [0.25, 0.3) is 0 Å². The van der Waals surface area contributed by atoms with E-state index in [1.54, 1.807) is 6.07 Å². The molecule has 0 bridgehead atoms. The highest BCUT2D eigenvalue weighted by Gasteiger charge is 2.30. The number of alkyl halides is 3. The van der Waals surface area contributed by atoms with Crippen LogP contribution in [0.1, 0.15) is 17.5 Å². The number of nitrogens with zero attached hydrogens (tertiary/aromatic N) is 2. The van der Waals surface area contributed by atoms with E-state index in [0.717, 1.165) is 12.3 Å². The highest BCUT2D eigenvalue weighted by atomic mass is 19.4. The summed E-state index contributed by atoms with van der Waals surface area (Å²) in [5, 5.41) is 8.18. The fourth-order valence-corrected chi connectivity index (χ4v) is 0.849. The number of rotatable bonds is 0. The Kier molecular flexibility index (Phi) is 3.30. The SMILES string of the molecule is N#CCC#Cc1cncc(C(F)(F)F)c1. The third kappa shape index (κ3) is 3.32. The zero-order chi connectivity index (χ0) is 11.3. The molecule has 0 amide bonds. The topological polar surface area (TPSA) is 36.7 Å². The summed E-state index contributed by atoms with van der Waals surface area (Å²) in [5.74, 6) is 4.83. The van der Waals surface area contributed by atoms with Crippen LogP contribution >= 0.6 is 0 Å². The van der Waals surface area contributed by atoms with E-state index in [9.17, 15) is 13.2 Å². The number of aromatic nitrogens is 1. The summed E-state index contributed by atoms with van der Waals surface area (Å²) in [6.45, 7) is 0. The summed E-state index contributed by atoms with van der Waals surface area (Å²) >= 11 is 0. The van der Waals surface area contributed by atoms with Crippen molar-refractivity contribution in [1.82, 2.24) is 4.98 Å². The molecule has 0 saturated carbocycles. The van der Waals surface area contributed by atoms with Crippen LogP contribution in [0, 0.1) is 23.2 Å². The van der Waals surface area contributed by atoms with Crippen LogP contribution in [0.4, 0.5) is 13.2 Å². The Bertz CT molecular complexity index is 446. The van der Waals surface area contributed by atoms with Crippen LogP contribution in [0.2, 0.25) is 0 Å². The molecule has 76 valence electrons. The molecule has 1 aromatic rings. The van der Waals surface area contributed by atoms with Crippen molar-refractivity contribution < 1.29 is 13.2 Å². The molecule has 2 nitrogen and oxygen atoms in total. The summed E-state index contributed by atoms with van der Waals surface area (Å²) in [7, 11) is 0. The molecular weight excluding hydrogens is 205 g/mol. The molecule has 0 unspecified atom stereocenters. The predicted molar refractivity (Wildman–Crippen MR) is 46.3 cm³/mol. The normalized spacial score (nSPS) is 10.0. The van der Waals surface area contributed by atoms with Crippen molar-refractivity contribution >= 4 is 0 Å². The number of nitriles is 1. The van der Waals surface area contributed by atoms with E-state index >= 15 is 0 Å². The molecule has 0 aromatic carbocycles. The summed E-state index contributed by atoms with van der Waals surface area (Å²) in [6.07, 6.45) is -2.48. The molecule has 0 fully saturated rings. The Hall–Kier alpha value is -2.01. The van der Waals surface area contributed by atoms with Crippen LogP contribution < -0.4 is 0 Å². The molecule has 0 atom stereocenters. The van der Waals surface area contributed by atoms with Gasteiger partial charge in [0.1, 0.15) is 0 Å². The monoisotopic (exact) mass is 210 g/mol. The summed E-state index contributed by atoms with van der Waals surface area (Å²) < 4.78 is 36.6. The van der Waals surface area contributed by atoms with E-state index in [1.165, 1.54) is 6.20 Å². The molecular formula is C10H5F3N2. The van der Waals surface area contributed by atoms with Gasteiger partial charge in [0.05, 0.1) is 18.1 Å². The van der Waals surface area contributed by atoms with Gasteiger partial charge < -0.3 is 0 Å². The quantitative estimate of drug-likeness (QED) is 0.616. The Morgan fingerprint density at radius 3 is 2.67 bits per heavy atom. The predicted octanol–water partition coefficient (Wildman–Crippen LogP) is 2.37. The van der Waals surface area contributed by atoms with Crippen LogP contribution in [0.5, 0.6) is 0 Å². The molecule has 1 aromatic heterocycles. The number of hydrogen-bond donors (Lipinski definition) is 0. The highest BCUT2D eigenvalue weighted by Crippen LogP contribution is 2.28. The smallest absolute Gasteiger partial charge is 0.263 e. The lowest BCUT2D eigenvalue weighted by molar-refractivity contribution is -0.137. The molecule has 0 aliphatic rings. The van der Waals surface area contributed by atoms with Gasteiger partial charge in [-0.3, -0.25) is 4.98 Å². The Labute approximate surface area is 84.4 Å². The number of halogens is 3. The first kappa shape index (κ1) is 11.1. The van der Waals surface area contributed by atoms with E-state index in [1.807, 2.05) is 0 Å². The van der Waals surface area contributed by atoms with Gasteiger partial charge in [-0.05, 0) is 6.07 Å². The maximum Gasteiger partial charge on any atom is 0.417 e. The van der Waals surface area contributed by atoms with E-state index in [2.05, 4.69) is 16.8 Å². The van der Waals surface area contributed by atoms with Gasteiger partial charge in [-0.2, -0.15) is 18.4 Å². The minimum Gasteiger partial charge on any atom is -0.263 e. The van der Waals surface area contributed by atoms with Crippen LogP contribution in [-0.4, -0.2) is 4.98 Å². The average Bonchev–Trinajstić information content (AvgIpc) is 2.17. The highest BCUT2D eigenvalue weighted by molar-refractivity contribution is 5.35. The second-order valence-electron chi connectivity index (χ2n) is 2.60. The zero-order valence-corrected chi connectivity index (χ0v) is 7.47. The van der Waals surface area contributed by atoms with Crippen LogP contribution in [-0.2, 0) is 6.18 Å². The lowest BCUT2D eigenvalue weighted by atomic mass is 10.2. The fourth-order valence-electron chi connectivity index (χ4n) is 0.849. The second-order valence-corrected chi connectivity index (χ2v) is 2.60. The maximum absolute atomic E-state index is 12.2. The number of hydrogen-bond acceptors (Lipinski definition) is 2. The van der Waals surface area contributed by atoms with Crippen molar-refractivity contribution in [3.63, 3.8) is 0 Å². The van der Waals surface area contributed by atoms with Gasteiger partial charge in [-0.25, -0.2) is 0 Å². The second kappa shape index (κ2) is 4.47. The lowest BCUT2D eigenvalue weighted by Crippen LogP contribution is -2.05. The zero-order valence-electron chi connectivity index (χ0n) is 7.47. The summed E-state index contributed by atoms with van der Waals surface area (Å²) in [4.78, 5) is 3.42. The first-order chi connectivity index (χ1) is 7.04. The molecule has 0 aliphatic carbocycles. The van der Waals surface area contributed by atoms with E-state index in [-0.39, 0.29) is 12.0 Å². The Balaban J connectivity index is 2.96. The van der Waals surface area contributed by atoms with Crippen LogP contribution in [0.15, 0.2) is 18.5 Å². The first-order valence-electron chi connectivity index (χ1n) is 3.92. The Morgan fingerprint density at radius 1 is 1.33 bits per heavy atom. The number of pyridine rings is 1. The summed E-state index contributed by atoms with van der Waals surface area (Å²) in [5.41, 5.74) is -0.689. The van der Waals surface area contributed by atoms with E-state index in [0.29, 0.717) is 0 Å². The van der Waals surface area contributed by atoms with Crippen molar-refractivity contribution in [1.29, 1.82) is 5.26 Å². The van der Waals surface area contributed by atoms with Gasteiger partial charge in [0.25, 0.3) is 0 Å². The maximum atomic E-state index is 12.2. The van der Waals surface area contributed by atoms with Crippen molar-refractivity contribution in [3.05, 3.63) is 29.6 Å². The van der Waals surface area contributed by atoms with Gasteiger partial charge in [0.15, 0.2) is 0 Å². The molecule has 0 N–H and O–H groups in total. The largest absolute Gasteiger partial charge is 0.417 e. The molecule has 0 saturated heterocycles. The fraction of sp³-hybridized carbons (Fsp3) is 0.200. The van der Waals surface area contributed by atoms with Crippen molar-refractivity contribution in [2.45, 2.75) is 12.6 Å². The van der Waals surface area contributed by atoms with Gasteiger partial charge >= 0.3 is 6.18 Å². The first-order valence-corrected chi connectivity index (χ1v) is 3.92. The third-order valence-electron chi connectivity index (χ3n) is 1.47. The van der Waals surface area contributed by atoms with Crippen molar-refractivity contribution in [3.8, 4) is 17.9 Å². The van der Waals surface area contributed by atoms with Crippen molar-refractivity contribution in [2.24, 2.45) is 0 Å². The molecule has 1 rings (SSSR count). The lowest BCUT2D eigenvalue weighted by Gasteiger charge is -2.04. The van der Waals surface area contributed by atoms with Crippen LogP contribution in [0.3, 0.4) is 0 Å². The molecule has 0 aliphatic heterocycles. The van der Waals surface area contributed by atoms with Gasteiger partial charge in [-0.15, -0.1) is 0 Å². The minimum atomic E-state index is -4.42. The molecule has 0 spiro atoms. The average molecular weight is 210 g/mol. The third-order valence-corrected chi connectivity index (χ3v) is 1.47. The molecule has 15 heavy (non-hydrogen) atoms. The van der Waals surface area contributed by atoms with E-state index < -0.39 is 11.7 Å². The van der Waals surface area contributed by atoms with Crippen molar-refractivity contribution in [2.75, 3.05) is 0 Å². The molecule has 1 heterocycles. The standard InChI is InChI=1S/C10H5F3N2/c11-10(12,13)9-5-8(6-15-7-9)3-1-2-4-14/h5-7H,2H2. The van der Waals surface area contributed by atoms with E-state index in [4.69, 9.17) is 5.26 Å². The summed E-state index contributed by atoms with van der Waals surface area (Å²) in [6, 6.07) is 2.67. The van der Waals surface area contributed by atoms with Gasteiger partial charge in [0, 0.05) is 18.0 Å². The van der Waals surface area contributed by atoms with Gasteiger partial charge in [-0.1, -0.05) is 11.8 Å².